The summed E-state index contributed by atoms with van der Waals surface area (Å²) in [5, 5.41) is 11.2. The van der Waals surface area contributed by atoms with Gasteiger partial charge in [-0.05, 0) is 24.6 Å². The van der Waals surface area contributed by atoms with Gasteiger partial charge in [-0.25, -0.2) is 15.2 Å². The molecular formula is C10H9FN4O2. The van der Waals surface area contributed by atoms with E-state index in [1.54, 1.807) is 13.0 Å². The number of fused-ring (bicyclic) bond motifs is 1. The van der Waals surface area contributed by atoms with E-state index in [9.17, 15) is 14.5 Å². The van der Waals surface area contributed by atoms with Gasteiger partial charge in [-0.2, -0.15) is 0 Å². The van der Waals surface area contributed by atoms with Crippen molar-refractivity contribution in [3.63, 3.8) is 0 Å². The molecule has 0 saturated heterocycles. The van der Waals surface area contributed by atoms with Gasteiger partial charge in [0, 0.05) is 5.39 Å². The lowest BCUT2D eigenvalue weighted by Crippen LogP contribution is -2.10. The number of nitrogens with one attached hydrogen (secondary N) is 1. The Morgan fingerprint density at radius 2 is 2.18 bits per heavy atom. The number of nitrogens with two attached hydrogens (primary N) is 1. The number of rotatable bonds is 2. The van der Waals surface area contributed by atoms with Gasteiger partial charge in [-0.3, -0.25) is 10.1 Å². The summed E-state index contributed by atoms with van der Waals surface area (Å²) in [4.78, 5) is 14.1. The zero-order valence-electron chi connectivity index (χ0n) is 8.90. The maximum Gasteiger partial charge on any atom is 0.298 e. The standard InChI is InChI=1S/C10H9FN4O2/c1-5-2-6-3-7(11)4-8(15(16)17)9(6)13-10(5)14-12/h2-4H,12H2,1H3,(H,13,14). The molecule has 0 spiro atoms. The Hall–Kier alpha value is -2.28. The Morgan fingerprint density at radius 3 is 2.76 bits per heavy atom. The fraction of sp³-hybridized carbons (Fsp3) is 0.100. The van der Waals surface area contributed by atoms with Crippen molar-refractivity contribution in [2.24, 2.45) is 5.84 Å². The van der Waals surface area contributed by atoms with Crippen molar-refractivity contribution in [3.8, 4) is 0 Å². The van der Waals surface area contributed by atoms with Crippen LogP contribution in [0, 0.1) is 22.9 Å². The minimum absolute atomic E-state index is 0.106. The monoisotopic (exact) mass is 236 g/mol. The third-order valence-corrected chi connectivity index (χ3v) is 2.39. The lowest BCUT2D eigenvalue weighted by atomic mass is 10.1. The highest BCUT2D eigenvalue weighted by Gasteiger charge is 2.17. The number of nitrogens with zero attached hydrogens (tertiary/aromatic N) is 2. The van der Waals surface area contributed by atoms with Crippen molar-refractivity contribution >= 4 is 22.4 Å². The van der Waals surface area contributed by atoms with Crippen LogP contribution in [0.15, 0.2) is 18.2 Å². The molecule has 0 aliphatic rings. The molecular weight excluding hydrogens is 227 g/mol. The number of aryl methyl sites for hydroxylation is 1. The van der Waals surface area contributed by atoms with Crippen molar-refractivity contribution in [2.45, 2.75) is 6.92 Å². The van der Waals surface area contributed by atoms with Crippen LogP contribution in [0.5, 0.6) is 0 Å². The molecule has 0 fully saturated rings. The molecule has 0 amide bonds. The van der Waals surface area contributed by atoms with Crippen LogP contribution in [-0.4, -0.2) is 9.91 Å². The summed E-state index contributed by atoms with van der Waals surface area (Å²) in [5.41, 5.74) is 2.75. The van der Waals surface area contributed by atoms with Gasteiger partial charge in [0.05, 0.1) is 11.0 Å². The molecule has 2 aromatic rings. The zero-order valence-corrected chi connectivity index (χ0v) is 8.90. The highest BCUT2D eigenvalue weighted by atomic mass is 19.1. The number of nitrogen functional groups attached to an aromatic ring is 1. The maximum absolute atomic E-state index is 13.2. The van der Waals surface area contributed by atoms with E-state index >= 15 is 0 Å². The summed E-state index contributed by atoms with van der Waals surface area (Å²) in [7, 11) is 0. The lowest BCUT2D eigenvalue weighted by Gasteiger charge is -2.06. The first kappa shape index (κ1) is 11.2. The average molecular weight is 236 g/mol. The van der Waals surface area contributed by atoms with Crippen LogP contribution in [0.3, 0.4) is 0 Å². The van der Waals surface area contributed by atoms with Gasteiger partial charge in [0.1, 0.15) is 11.6 Å². The van der Waals surface area contributed by atoms with Crippen molar-refractivity contribution in [3.05, 3.63) is 39.7 Å². The molecule has 0 atom stereocenters. The smallest absolute Gasteiger partial charge is 0.298 e. The molecule has 0 unspecified atom stereocenters. The van der Waals surface area contributed by atoms with Gasteiger partial charge in [0.2, 0.25) is 0 Å². The molecule has 0 aliphatic heterocycles. The number of hydrogen-bond donors (Lipinski definition) is 2. The first-order chi connectivity index (χ1) is 8.02. The highest BCUT2D eigenvalue weighted by Crippen LogP contribution is 2.28. The number of anilines is 1. The summed E-state index contributed by atoms with van der Waals surface area (Å²) in [6.07, 6.45) is 0. The Morgan fingerprint density at radius 1 is 1.47 bits per heavy atom. The van der Waals surface area contributed by atoms with Gasteiger partial charge >= 0.3 is 0 Å². The Bertz CT molecular complexity index is 615. The molecule has 3 N–H and O–H groups in total. The fourth-order valence-corrected chi connectivity index (χ4v) is 1.62. The summed E-state index contributed by atoms with van der Waals surface area (Å²) >= 11 is 0. The molecule has 7 heteroatoms. The first-order valence-corrected chi connectivity index (χ1v) is 4.75. The van der Waals surface area contributed by atoms with E-state index in [0.29, 0.717) is 16.8 Å². The fourth-order valence-electron chi connectivity index (χ4n) is 1.62. The van der Waals surface area contributed by atoms with E-state index in [4.69, 9.17) is 5.84 Å². The Balaban J connectivity index is 2.86. The van der Waals surface area contributed by atoms with Gasteiger partial charge in [0.15, 0.2) is 5.52 Å². The molecule has 0 aliphatic carbocycles. The molecule has 17 heavy (non-hydrogen) atoms. The molecule has 0 radical (unpaired) electrons. The minimum Gasteiger partial charge on any atom is -0.308 e. The number of non-ortho nitro benzene ring substituents is 1. The van der Waals surface area contributed by atoms with E-state index < -0.39 is 10.7 Å². The molecule has 88 valence electrons. The molecule has 0 bridgehead atoms. The highest BCUT2D eigenvalue weighted by molar-refractivity contribution is 5.89. The molecule has 1 aromatic heterocycles. The van der Waals surface area contributed by atoms with Crippen molar-refractivity contribution < 1.29 is 9.31 Å². The second kappa shape index (κ2) is 3.95. The number of hydrogen-bond acceptors (Lipinski definition) is 5. The van der Waals surface area contributed by atoms with Crippen LogP contribution in [0.25, 0.3) is 10.9 Å². The normalized spacial score (nSPS) is 10.5. The second-order valence-corrected chi connectivity index (χ2v) is 3.55. The van der Waals surface area contributed by atoms with Crippen LogP contribution >= 0.6 is 0 Å². The van der Waals surface area contributed by atoms with Crippen molar-refractivity contribution in [1.82, 2.24) is 4.98 Å². The van der Waals surface area contributed by atoms with Gasteiger partial charge in [0.25, 0.3) is 5.69 Å². The van der Waals surface area contributed by atoms with Crippen LogP contribution < -0.4 is 11.3 Å². The zero-order chi connectivity index (χ0) is 12.6. The quantitative estimate of drug-likeness (QED) is 0.471. The number of benzene rings is 1. The van der Waals surface area contributed by atoms with Crippen molar-refractivity contribution in [1.29, 1.82) is 0 Å². The van der Waals surface area contributed by atoms with E-state index in [2.05, 4.69) is 10.4 Å². The number of hydrazine groups is 1. The summed E-state index contributed by atoms with van der Waals surface area (Å²) < 4.78 is 13.2. The van der Waals surface area contributed by atoms with Gasteiger partial charge < -0.3 is 5.43 Å². The minimum atomic E-state index is -0.673. The predicted octanol–water partition coefficient (Wildman–Crippen LogP) is 1.88. The second-order valence-electron chi connectivity index (χ2n) is 3.55. The van der Waals surface area contributed by atoms with Crippen LogP contribution in [0.4, 0.5) is 15.9 Å². The largest absolute Gasteiger partial charge is 0.308 e. The Labute approximate surface area is 95.4 Å². The lowest BCUT2D eigenvalue weighted by molar-refractivity contribution is -0.383. The number of nitro benzene ring substituents is 1. The summed E-state index contributed by atoms with van der Waals surface area (Å²) in [5.74, 6) is 4.90. The third-order valence-electron chi connectivity index (χ3n) is 2.39. The van der Waals surface area contributed by atoms with E-state index in [-0.39, 0.29) is 11.2 Å². The van der Waals surface area contributed by atoms with Gasteiger partial charge in [-0.15, -0.1) is 0 Å². The predicted molar refractivity (Wildman–Crippen MR) is 60.9 cm³/mol. The average Bonchev–Trinajstić information content (AvgIpc) is 2.26. The van der Waals surface area contributed by atoms with E-state index in [1.165, 1.54) is 6.07 Å². The Kier molecular flexibility index (Phi) is 2.60. The van der Waals surface area contributed by atoms with Gasteiger partial charge in [-0.1, -0.05) is 0 Å². The summed E-state index contributed by atoms with van der Waals surface area (Å²) in [6.45, 7) is 1.72. The van der Waals surface area contributed by atoms with Crippen molar-refractivity contribution in [2.75, 3.05) is 5.43 Å². The number of halogens is 1. The number of aromatic nitrogens is 1. The first-order valence-electron chi connectivity index (χ1n) is 4.75. The molecule has 0 saturated carbocycles. The maximum atomic E-state index is 13.2. The van der Waals surface area contributed by atoms with Crippen LogP contribution in [-0.2, 0) is 0 Å². The van der Waals surface area contributed by atoms with Crippen LogP contribution in [0.1, 0.15) is 5.56 Å². The summed E-state index contributed by atoms with van der Waals surface area (Å²) in [6, 6.07) is 3.63. The molecule has 1 aromatic carbocycles. The van der Waals surface area contributed by atoms with Crippen LogP contribution in [0.2, 0.25) is 0 Å². The number of nitro groups is 1. The van der Waals surface area contributed by atoms with E-state index in [0.717, 1.165) is 6.07 Å². The SMILES string of the molecule is Cc1cc2cc(F)cc([N+](=O)[O-])c2nc1NN. The topological polar surface area (TPSA) is 94.1 Å². The van der Waals surface area contributed by atoms with E-state index in [1.807, 2.05) is 0 Å². The molecule has 6 nitrogen and oxygen atoms in total. The molecule has 1 heterocycles. The molecule has 2 rings (SSSR count). The number of pyridine rings is 1. The third kappa shape index (κ3) is 1.87.